The number of methoxy groups -OCH3 is 2. The molecule has 2 aromatic carbocycles. The minimum atomic E-state index is -0.633. The van der Waals surface area contributed by atoms with Crippen molar-refractivity contribution in [3.8, 4) is 5.75 Å². The van der Waals surface area contributed by atoms with Gasteiger partial charge in [0.15, 0.2) is 0 Å². The van der Waals surface area contributed by atoms with Crippen LogP contribution in [0.2, 0.25) is 0 Å². The van der Waals surface area contributed by atoms with E-state index in [0.29, 0.717) is 17.9 Å². The monoisotopic (exact) mass is 371 g/mol. The van der Waals surface area contributed by atoms with Crippen LogP contribution in [0.4, 0.5) is 5.69 Å². The lowest BCUT2D eigenvalue weighted by Crippen LogP contribution is -2.14. The second kappa shape index (κ2) is 9.38. The van der Waals surface area contributed by atoms with E-state index in [1.807, 2.05) is 6.92 Å². The lowest BCUT2D eigenvalue weighted by atomic mass is 10.1. The van der Waals surface area contributed by atoms with E-state index in [-0.39, 0.29) is 16.8 Å². The van der Waals surface area contributed by atoms with Gasteiger partial charge in [0.05, 0.1) is 32.0 Å². The minimum Gasteiger partial charge on any atom is -0.494 e. The average Bonchev–Trinajstić information content (AvgIpc) is 2.70. The number of carbonyl (C=O) groups is 3. The summed E-state index contributed by atoms with van der Waals surface area (Å²) in [5.74, 6) is -1.09. The molecule has 7 nitrogen and oxygen atoms in total. The Morgan fingerprint density at radius 3 is 2.07 bits per heavy atom. The van der Waals surface area contributed by atoms with E-state index in [1.165, 1.54) is 32.4 Å². The van der Waals surface area contributed by atoms with E-state index in [1.54, 1.807) is 24.3 Å². The fraction of sp³-hybridized carbons (Fsp3) is 0.250. The van der Waals surface area contributed by atoms with Gasteiger partial charge < -0.3 is 19.5 Å². The van der Waals surface area contributed by atoms with Gasteiger partial charge in [-0.1, -0.05) is 13.0 Å². The van der Waals surface area contributed by atoms with Crippen molar-refractivity contribution >= 4 is 23.5 Å². The molecule has 7 heteroatoms. The summed E-state index contributed by atoms with van der Waals surface area (Å²) in [6.07, 6.45) is 0.854. The van der Waals surface area contributed by atoms with Crippen molar-refractivity contribution in [3.63, 3.8) is 0 Å². The van der Waals surface area contributed by atoms with Gasteiger partial charge >= 0.3 is 11.9 Å². The van der Waals surface area contributed by atoms with Gasteiger partial charge in [0.1, 0.15) is 5.75 Å². The molecule has 0 unspecified atom stereocenters. The number of ether oxygens (including phenoxy) is 3. The molecule has 0 aromatic heterocycles. The van der Waals surface area contributed by atoms with Crippen LogP contribution in [-0.2, 0) is 9.47 Å². The number of anilines is 1. The van der Waals surface area contributed by atoms with E-state index >= 15 is 0 Å². The summed E-state index contributed by atoms with van der Waals surface area (Å²) in [5, 5.41) is 2.67. The van der Waals surface area contributed by atoms with Crippen LogP contribution >= 0.6 is 0 Å². The maximum Gasteiger partial charge on any atom is 0.337 e. The van der Waals surface area contributed by atoms with Gasteiger partial charge in [0, 0.05) is 11.3 Å². The lowest BCUT2D eigenvalue weighted by Gasteiger charge is -2.10. The van der Waals surface area contributed by atoms with E-state index < -0.39 is 17.8 Å². The molecule has 0 aliphatic carbocycles. The number of benzene rings is 2. The van der Waals surface area contributed by atoms with Crippen molar-refractivity contribution in [1.29, 1.82) is 0 Å². The molecule has 0 fully saturated rings. The number of hydrogen-bond acceptors (Lipinski definition) is 6. The molecule has 0 radical (unpaired) electrons. The third kappa shape index (κ3) is 5.31. The maximum atomic E-state index is 12.5. The van der Waals surface area contributed by atoms with Gasteiger partial charge in [0.25, 0.3) is 5.91 Å². The molecule has 1 amide bonds. The highest BCUT2D eigenvalue weighted by Crippen LogP contribution is 2.19. The molecule has 0 aliphatic rings. The Hall–Kier alpha value is -3.35. The molecule has 142 valence electrons. The molecule has 0 heterocycles. The predicted molar refractivity (Wildman–Crippen MR) is 99.3 cm³/mol. The fourth-order valence-corrected chi connectivity index (χ4v) is 2.32. The number of nitrogens with one attached hydrogen (secondary N) is 1. The summed E-state index contributed by atoms with van der Waals surface area (Å²) >= 11 is 0. The van der Waals surface area contributed by atoms with Crippen LogP contribution in [0.15, 0.2) is 42.5 Å². The Bertz CT molecular complexity index is 812. The van der Waals surface area contributed by atoms with Crippen molar-refractivity contribution in [1.82, 2.24) is 0 Å². The third-order valence-electron chi connectivity index (χ3n) is 3.60. The third-order valence-corrected chi connectivity index (χ3v) is 3.60. The van der Waals surface area contributed by atoms with E-state index in [9.17, 15) is 14.4 Å². The standard InChI is InChI=1S/C20H21NO6/c1-4-8-27-17-7-5-6-13(12-17)18(22)21-16-10-14(19(23)25-2)9-15(11-16)20(24)26-3/h5-7,9-12H,4,8H2,1-3H3,(H,21,22). The number of esters is 2. The predicted octanol–water partition coefficient (Wildman–Crippen LogP) is 3.30. The molecular weight excluding hydrogens is 350 g/mol. The number of rotatable bonds is 7. The van der Waals surface area contributed by atoms with Crippen LogP contribution in [0.5, 0.6) is 5.75 Å². The summed E-state index contributed by atoms with van der Waals surface area (Å²) in [6.45, 7) is 2.54. The first-order valence-corrected chi connectivity index (χ1v) is 8.34. The Kier molecular flexibility index (Phi) is 6.93. The number of amides is 1. The van der Waals surface area contributed by atoms with Gasteiger partial charge in [-0.3, -0.25) is 4.79 Å². The first kappa shape index (κ1) is 20.0. The summed E-state index contributed by atoms with van der Waals surface area (Å²) in [5.41, 5.74) is 0.890. The van der Waals surface area contributed by atoms with Crippen molar-refractivity contribution in [2.75, 3.05) is 26.1 Å². The largest absolute Gasteiger partial charge is 0.494 e. The Balaban J connectivity index is 2.28. The van der Waals surface area contributed by atoms with Crippen LogP contribution in [0, 0.1) is 0 Å². The molecule has 0 saturated heterocycles. The highest BCUT2D eigenvalue weighted by Gasteiger charge is 2.15. The van der Waals surface area contributed by atoms with E-state index in [2.05, 4.69) is 14.8 Å². The fourth-order valence-electron chi connectivity index (χ4n) is 2.32. The zero-order valence-corrected chi connectivity index (χ0v) is 15.4. The summed E-state index contributed by atoms with van der Waals surface area (Å²) in [4.78, 5) is 36.2. The van der Waals surface area contributed by atoms with Crippen LogP contribution in [0.25, 0.3) is 0 Å². The van der Waals surface area contributed by atoms with Gasteiger partial charge in [-0.05, 0) is 42.8 Å². The molecule has 0 spiro atoms. The quantitative estimate of drug-likeness (QED) is 0.751. The summed E-state index contributed by atoms with van der Waals surface area (Å²) in [7, 11) is 2.46. The molecule has 2 rings (SSSR count). The van der Waals surface area contributed by atoms with Gasteiger partial charge in [0.2, 0.25) is 0 Å². The first-order valence-electron chi connectivity index (χ1n) is 8.34. The molecule has 0 aliphatic heterocycles. The van der Waals surface area contributed by atoms with Gasteiger partial charge in [-0.2, -0.15) is 0 Å². The van der Waals surface area contributed by atoms with Crippen molar-refractivity contribution in [2.24, 2.45) is 0 Å². The van der Waals surface area contributed by atoms with Crippen molar-refractivity contribution in [3.05, 3.63) is 59.2 Å². The SMILES string of the molecule is CCCOc1cccc(C(=O)Nc2cc(C(=O)OC)cc(C(=O)OC)c2)c1. The second-order valence-corrected chi connectivity index (χ2v) is 5.61. The van der Waals surface area contributed by atoms with Crippen LogP contribution in [-0.4, -0.2) is 38.7 Å². The molecule has 27 heavy (non-hydrogen) atoms. The van der Waals surface area contributed by atoms with Crippen LogP contribution < -0.4 is 10.1 Å². The minimum absolute atomic E-state index is 0.121. The molecule has 2 aromatic rings. The Morgan fingerprint density at radius 2 is 1.52 bits per heavy atom. The number of carbonyl (C=O) groups excluding carboxylic acids is 3. The first-order chi connectivity index (χ1) is 13.0. The van der Waals surface area contributed by atoms with Gasteiger partial charge in [-0.25, -0.2) is 9.59 Å². The van der Waals surface area contributed by atoms with Crippen molar-refractivity contribution < 1.29 is 28.6 Å². The van der Waals surface area contributed by atoms with E-state index in [4.69, 9.17) is 4.74 Å². The normalized spacial score (nSPS) is 10.0. The maximum absolute atomic E-state index is 12.5. The lowest BCUT2D eigenvalue weighted by molar-refractivity contribution is 0.0599. The Morgan fingerprint density at radius 1 is 0.889 bits per heavy atom. The molecule has 0 saturated carbocycles. The zero-order valence-electron chi connectivity index (χ0n) is 15.4. The van der Waals surface area contributed by atoms with E-state index in [0.717, 1.165) is 6.42 Å². The average molecular weight is 371 g/mol. The Labute approximate surface area is 157 Å². The highest BCUT2D eigenvalue weighted by atomic mass is 16.5. The topological polar surface area (TPSA) is 90.9 Å². The summed E-state index contributed by atoms with van der Waals surface area (Å²) in [6, 6.07) is 10.9. The summed E-state index contributed by atoms with van der Waals surface area (Å²) < 4.78 is 14.9. The molecule has 0 atom stereocenters. The van der Waals surface area contributed by atoms with Gasteiger partial charge in [-0.15, -0.1) is 0 Å². The van der Waals surface area contributed by atoms with Crippen LogP contribution in [0.3, 0.4) is 0 Å². The molecular formula is C20H21NO6. The smallest absolute Gasteiger partial charge is 0.337 e. The van der Waals surface area contributed by atoms with Crippen molar-refractivity contribution in [2.45, 2.75) is 13.3 Å². The number of hydrogen-bond donors (Lipinski definition) is 1. The highest BCUT2D eigenvalue weighted by molar-refractivity contribution is 6.06. The van der Waals surface area contributed by atoms with Crippen LogP contribution in [0.1, 0.15) is 44.4 Å². The molecule has 0 bridgehead atoms. The second-order valence-electron chi connectivity index (χ2n) is 5.61. The molecule has 1 N–H and O–H groups in total. The zero-order chi connectivity index (χ0) is 19.8.